The summed E-state index contributed by atoms with van der Waals surface area (Å²) < 4.78 is 61.5. The molecule has 1 spiro atoms. The van der Waals surface area contributed by atoms with E-state index in [1.54, 1.807) is 6.07 Å². The van der Waals surface area contributed by atoms with Gasteiger partial charge in [0.15, 0.2) is 0 Å². The molecular weight excluding hydrogens is 389 g/mol. The van der Waals surface area contributed by atoms with Crippen LogP contribution in [-0.4, -0.2) is 13.4 Å². The lowest BCUT2D eigenvalue weighted by atomic mass is 9.66. The van der Waals surface area contributed by atoms with E-state index in [2.05, 4.69) is 4.98 Å². The van der Waals surface area contributed by atoms with Gasteiger partial charge in [-0.3, -0.25) is 4.98 Å². The zero-order valence-corrected chi connectivity index (χ0v) is 15.8. The van der Waals surface area contributed by atoms with Crippen LogP contribution < -0.4 is 5.14 Å². The average molecular weight is 408 g/mol. The molecule has 0 amide bonds. The van der Waals surface area contributed by atoms with Gasteiger partial charge in [-0.05, 0) is 72.1 Å². The fourth-order valence-corrected chi connectivity index (χ4v) is 4.62. The van der Waals surface area contributed by atoms with Crippen LogP contribution in [0.15, 0.2) is 47.5 Å². The highest BCUT2D eigenvalue weighted by Gasteiger charge is 2.44. The van der Waals surface area contributed by atoms with Gasteiger partial charge < -0.3 is 0 Å². The molecule has 0 saturated heterocycles. The highest BCUT2D eigenvalue weighted by molar-refractivity contribution is 7.89. The summed E-state index contributed by atoms with van der Waals surface area (Å²) in [5, 5.41) is 5.13. The quantitative estimate of drug-likeness (QED) is 0.805. The molecule has 8 heteroatoms. The Morgan fingerprint density at radius 3 is 2.07 bits per heavy atom. The molecule has 1 saturated carbocycles. The molecule has 148 valence electrons. The highest BCUT2D eigenvalue weighted by Crippen LogP contribution is 2.59. The minimum atomic E-state index is -4.37. The summed E-state index contributed by atoms with van der Waals surface area (Å²) in [5.74, 6) is 0. The van der Waals surface area contributed by atoms with Crippen LogP contribution in [0.5, 0.6) is 0 Å². The third-order valence-corrected chi connectivity index (χ3v) is 6.72. The number of hydrogen-bond donors (Lipinski definition) is 1. The Morgan fingerprint density at radius 1 is 0.964 bits per heavy atom. The smallest absolute Gasteiger partial charge is 0.255 e. The SMILES string of the molecule is NS(=O)(=O)c1ccc(C2=C(c3ccc(C(F)(F)F)cc3)CC3(CCC3)C2)nc1. The van der Waals surface area contributed by atoms with Gasteiger partial charge in [0.05, 0.1) is 11.3 Å². The second kappa shape index (κ2) is 6.42. The fraction of sp³-hybridized carbons (Fsp3) is 0.350. The number of sulfonamides is 1. The van der Waals surface area contributed by atoms with Crippen molar-refractivity contribution >= 4 is 21.2 Å². The normalized spacial score (nSPS) is 19.1. The molecule has 2 aliphatic carbocycles. The van der Waals surface area contributed by atoms with Gasteiger partial charge in [0.2, 0.25) is 10.0 Å². The first-order chi connectivity index (χ1) is 13.1. The summed E-state index contributed by atoms with van der Waals surface area (Å²) in [5.41, 5.74) is 2.83. The van der Waals surface area contributed by atoms with Crippen LogP contribution in [0.2, 0.25) is 0 Å². The van der Waals surface area contributed by atoms with Crippen LogP contribution in [0.25, 0.3) is 11.1 Å². The number of alkyl halides is 3. The van der Waals surface area contributed by atoms with Crippen LogP contribution in [0.4, 0.5) is 13.2 Å². The van der Waals surface area contributed by atoms with Crippen molar-refractivity contribution in [2.45, 2.75) is 43.2 Å². The number of halogens is 3. The van der Waals surface area contributed by atoms with E-state index in [1.165, 1.54) is 24.4 Å². The largest absolute Gasteiger partial charge is 0.416 e. The Kier molecular flexibility index (Phi) is 4.39. The van der Waals surface area contributed by atoms with Crippen LogP contribution in [0.3, 0.4) is 0 Å². The molecule has 4 nitrogen and oxygen atoms in total. The number of nitrogens with two attached hydrogens (primary N) is 1. The van der Waals surface area contributed by atoms with Gasteiger partial charge in [-0.2, -0.15) is 13.2 Å². The Hall–Kier alpha value is -2.19. The fourth-order valence-electron chi connectivity index (χ4n) is 4.17. The van der Waals surface area contributed by atoms with Crippen molar-refractivity contribution in [3.05, 3.63) is 59.4 Å². The van der Waals surface area contributed by atoms with Crippen molar-refractivity contribution in [1.29, 1.82) is 0 Å². The summed E-state index contributed by atoms with van der Waals surface area (Å²) in [6, 6.07) is 8.26. The molecule has 0 radical (unpaired) electrons. The molecule has 0 bridgehead atoms. The standard InChI is InChI=1S/C20H19F3N2O2S/c21-20(22,23)14-4-2-13(3-5-14)16-10-19(8-1-9-19)11-17(16)18-7-6-15(12-25-18)28(24,26)27/h2-7,12H,1,8-11H2,(H2,24,26,27). The third-order valence-electron chi connectivity index (χ3n) is 5.82. The van der Waals surface area contributed by atoms with Crippen LogP contribution >= 0.6 is 0 Å². The maximum atomic E-state index is 12.9. The van der Waals surface area contributed by atoms with Crippen molar-refractivity contribution < 1.29 is 21.6 Å². The monoisotopic (exact) mass is 408 g/mol. The summed E-state index contributed by atoms with van der Waals surface area (Å²) in [4.78, 5) is 4.22. The predicted octanol–water partition coefficient (Wildman–Crippen LogP) is 4.62. The van der Waals surface area contributed by atoms with E-state index in [9.17, 15) is 21.6 Å². The van der Waals surface area contributed by atoms with Gasteiger partial charge in [0.25, 0.3) is 0 Å². The van der Waals surface area contributed by atoms with Gasteiger partial charge in [0, 0.05) is 6.20 Å². The highest BCUT2D eigenvalue weighted by atomic mass is 32.2. The zero-order chi connectivity index (χ0) is 20.2. The molecule has 28 heavy (non-hydrogen) atoms. The van der Waals surface area contributed by atoms with E-state index < -0.39 is 21.8 Å². The average Bonchev–Trinajstić information content (AvgIpc) is 3.02. The summed E-state index contributed by atoms with van der Waals surface area (Å²) in [6.45, 7) is 0. The number of rotatable bonds is 3. The molecule has 0 atom stereocenters. The van der Waals surface area contributed by atoms with Gasteiger partial charge in [0.1, 0.15) is 4.90 Å². The molecule has 4 rings (SSSR count). The van der Waals surface area contributed by atoms with E-state index in [-0.39, 0.29) is 10.3 Å². The topological polar surface area (TPSA) is 73.1 Å². The Balaban J connectivity index is 1.74. The van der Waals surface area contributed by atoms with Crippen molar-refractivity contribution in [2.24, 2.45) is 10.6 Å². The van der Waals surface area contributed by atoms with Crippen molar-refractivity contribution in [3.8, 4) is 0 Å². The number of aromatic nitrogens is 1. The molecule has 1 heterocycles. The molecule has 1 aromatic heterocycles. The van der Waals surface area contributed by atoms with E-state index in [0.717, 1.165) is 60.9 Å². The van der Waals surface area contributed by atoms with E-state index in [0.29, 0.717) is 5.69 Å². The van der Waals surface area contributed by atoms with Crippen LogP contribution in [-0.2, 0) is 16.2 Å². The molecule has 2 N–H and O–H groups in total. The Labute approximate surface area is 161 Å². The van der Waals surface area contributed by atoms with E-state index in [1.807, 2.05) is 0 Å². The maximum Gasteiger partial charge on any atom is 0.416 e. The minimum absolute atomic E-state index is 0.0655. The Morgan fingerprint density at radius 2 is 1.61 bits per heavy atom. The third kappa shape index (κ3) is 3.46. The lowest BCUT2D eigenvalue weighted by Crippen LogP contribution is -2.26. The zero-order valence-electron chi connectivity index (χ0n) is 15.0. The Bertz CT molecular complexity index is 1040. The number of nitrogens with zero attached hydrogens (tertiary/aromatic N) is 1. The van der Waals surface area contributed by atoms with Gasteiger partial charge in [-0.1, -0.05) is 18.6 Å². The summed E-state index contributed by atoms with van der Waals surface area (Å²) in [7, 11) is -3.83. The summed E-state index contributed by atoms with van der Waals surface area (Å²) in [6.07, 6.45) is 1.76. The number of allylic oxidation sites excluding steroid dienone is 2. The number of pyridine rings is 1. The lowest BCUT2D eigenvalue weighted by molar-refractivity contribution is -0.137. The molecule has 2 aromatic rings. The van der Waals surface area contributed by atoms with Crippen molar-refractivity contribution in [1.82, 2.24) is 4.98 Å². The van der Waals surface area contributed by atoms with Crippen LogP contribution in [0, 0.1) is 5.41 Å². The molecule has 2 aliphatic rings. The second-order valence-electron chi connectivity index (χ2n) is 7.66. The van der Waals surface area contributed by atoms with Crippen LogP contribution in [0.1, 0.15) is 48.9 Å². The molecule has 0 unspecified atom stereocenters. The first kappa shape index (κ1) is 19.1. The first-order valence-corrected chi connectivity index (χ1v) is 10.5. The van der Waals surface area contributed by atoms with Crippen molar-refractivity contribution in [2.75, 3.05) is 0 Å². The molecule has 1 fully saturated rings. The van der Waals surface area contributed by atoms with Gasteiger partial charge in [-0.15, -0.1) is 0 Å². The lowest BCUT2D eigenvalue weighted by Gasteiger charge is -2.39. The molecular formula is C20H19F3N2O2S. The number of benzene rings is 1. The molecule has 1 aromatic carbocycles. The predicted molar refractivity (Wildman–Crippen MR) is 99.4 cm³/mol. The van der Waals surface area contributed by atoms with E-state index in [4.69, 9.17) is 5.14 Å². The number of hydrogen-bond acceptors (Lipinski definition) is 3. The summed E-state index contributed by atoms with van der Waals surface area (Å²) >= 11 is 0. The second-order valence-corrected chi connectivity index (χ2v) is 9.22. The minimum Gasteiger partial charge on any atom is -0.255 e. The maximum absolute atomic E-state index is 12.9. The van der Waals surface area contributed by atoms with Gasteiger partial charge in [-0.25, -0.2) is 13.6 Å². The van der Waals surface area contributed by atoms with E-state index >= 15 is 0 Å². The van der Waals surface area contributed by atoms with Crippen molar-refractivity contribution in [3.63, 3.8) is 0 Å². The molecule has 0 aliphatic heterocycles. The van der Waals surface area contributed by atoms with Gasteiger partial charge >= 0.3 is 6.18 Å². The first-order valence-electron chi connectivity index (χ1n) is 8.96. The number of primary sulfonamides is 1.